The molecule has 1 heterocycles. The molecule has 0 aliphatic rings. The van der Waals surface area contributed by atoms with Gasteiger partial charge < -0.3 is 11.1 Å². The van der Waals surface area contributed by atoms with Gasteiger partial charge in [0.15, 0.2) is 0 Å². The van der Waals surface area contributed by atoms with Gasteiger partial charge in [0.2, 0.25) is 5.91 Å². The smallest absolute Gasteiger partial charge is 0.237 e. The van der Waals surface area contributed by atoms with E-state index in [0.717, 1.165) is 11.1 Å². The van der Waals surface area contributed by atoms with Gasteiger partial charge in [0.1, 0.15) is 0 Å². The molecule has 0 radical (unpaired) electrons. The number of pyridine rings is 1. The third-order valence-electron chi connectivity index (χ3n) is 3.21. The van der Waals surface area contributed by atoms with Crippen LogP contribution in [-0.4, -0.2) is 16.9 Å². The van der Waals surface area contributed by atoms with Gasteiger partial charge in [-0.15, -0.1) is 24.8 Å². The molecule has 1 aromatic carbocycles. The molecular formula is C16H21Cl2N3O. The Kier molecular flexibility index (Phi) is 9.42. The second kappa shape index (κ2) is 10.2. The Labute approximate surface area is 143 Å². The standard InChI is InChI=1S/C16H19N3O.2ClH/c1-2-14(17)16(20)19-15(12-7-4-3-5-8-12)13-9-6-10-18-11-13;;/h3-11,14-15H,2,17H2,1H3,(H,19,20);2*1H/t14-,15?;;/m0../s1. The highest BCUT2D eigenvalue weighted by molar-refractivity contribution is 5.85. The van der Waals surface area contributed by atoms with E-state index in [1.54, 1.807) is 12.4 Å². The molecule has 0 saturated carbocycles. The fraction of sp³-hybridized carbons (Fsp3) is 0.250. The van der Waals surface area contributed by atoms with Crippen molar-refractivity contribution in [3.8, 4) is 0 Å². The van der Waals surface area contributed by atoms with Gasteiger partial charge in [0.05, 0.1) is 12.1 Å². The quantitative estimate of drug-likeness (QED) is 0.878. The van der Waals surface area contributed by atoms with Crippen LogP contribution in [0.4, 0.5) is 0 Å². The van der Waals surface area contributed by atoms with Crippen LogP contribution in [0.2, 0.25) is 0 Å². The lowest BCUT2D eigenvalue weighted by atomic mass is 9.99. The molecule has 0 aliphatic heterocycles. The zero-order valence-corrected chi connectivity index (χ0v) is 13.9. The molecule has 1 aromatic heterocycles. The highest BCUT2D eigenvalue weighted by Gasteiger charge is 2.19. The van der Waals surface area contributed by atoms with E-state index < -0.39 is 6.04 Å². The van der Waals surface area contributed by atoms with Crippen LogP contribution in [-0.2, 0) is 4.79 Å². The first-order chi connectivity index (χ1) is 9.72. The van der Waals surface area contributed by atoms with Crippen molar-refractivity contribution in [2.45, 2.75) is 25.4 Å². The number of nitrogens with zero attached hydrogens (tertiary/aromatic N) is 1. The lowest BCUT2D eigenvalue weighted by Gasteiger charge is -2.21. The molecule has 3 N–H and O–H groups in total. The summed E-state index contributed by atoms with van der Waals surface area (Å²) in [7, 11) is 0. The van der Waals surface area contributed by atoms with Gasteiger partial charge in [-0.3, -0.25) is 9.78 Å². The minimum atomic E-state index is -0.488. The van der Waals surface area contributed by atoms with E-state index in [1.165, 1.54) is 0 Å². The molecule has 0 spiro atoms. The maximum Gasteiger partial charge on any atom is 0.237 e. The molecule has 0 aliphatic carbocycles. The normalized spacial score (nSPS) is 12.3. The molecule has 0 fully saturated rings. The predicted molar refractivity (Wildman–Crippen MR) is 93.4 cm³/mol. The van der Waals surface area contributed by atoms with Crippen LogP contribution in [0.15, 0.2) is 54.9 Å². The SMILES string of the molecule is CC[C@H](N)C(=O)NC(c1ccccc1)c1cccnc1.Cl.Cl. The Bertz CT molecular complexity index is 512. The fourth-order valence-electron chi connectivity index (χ4n) is 1.99. The molecule has 2 atom stereocenters. The summed E-state index contributed by atoms with van der Waals surface area (Å²) in [6, 6.07) is 12.9. The maximum absolute atomic E-state index is 12.1. The lowest BCUT2D eigenvalue weighted by molar-refractivity contribution is -0.122. The van der Waals surface area contributed by atoms with Crippen molar-refractivity contribution in [1.82, 2.24) is 10.3 Å². The highest BCUT2D eigenvalue weighted by Crippen LogP contribution is 2.21. The van der Waals surface area contributed by atoms with Crippen LogP contribution in [0.5, 0.6) is 0 Å². The molecule has 0 saturated heterocycles. The van der Waals surface area contributed by atoms with E-state index in [1.807, 2.05) is 49.4 Å². The van der Waals surface area contributed by atoms with E-state index in [0.29, 0.717) is 6.42 Å². The summed E-state index contributed by atoms with van der Waals surface area (Å²) >= 11 is 0. The van der Waals surface area contributed by atoms with Crippen molar-refractivity contribution in [2.75, 3.05) is 0 Å². The van der Waals surface area contributed by atoms with Crippen molar-refractivity contribution in [2.24, 2.45) is 5.73 Å². The average Bonchev–Trinajstić information content (AvgIpc) is 2.53. The average molecular weight is 342 g/mol. The number of benzene rings is 1. The highest BCUT2D eigenvalue weighted by atomic mass is 35.5. The topological polar surface area (TPSA) is 68.0 Å². The summed E-state index contributed by atoms with van der Waals surface area (Å²) in [4.78, 5) is 16.2. The fourth-order valence-corrected chi connectivity index (χ4v) is 1.99. The second-order valence-corrected chi connectivity index (χ2v) is 4.65. The number of nitrogens with one attached hydrogen (secondary N) is 1. The first kappa shape index (κ1) is 20.4. The minimum Gasteiger partial charge on any atom is -0.344 e. The number of nitrogens with two attached hydrogens (primary N) is 1. The number of amides is 1. The zero-order chi connectivity index (χ0) is 14.4. The van der Waals surface area contributed by atoms with Gasteiger partial charge in [0.25, 0.3) is 0 Å². The Hall–Kier alpha value is -1.62. The van der Waals surface area contributed by atoms with E-state index in [-0.39, 0.29) is 36.8 Å². The number of hydrogen-bond donors (Lipinski definition) is 2. The van der Waals surface area contributed by atoms with Crippen molar-refractivity contribution in [1.29, 1.82) is 0 Å². The van der Waals surface area contributed by atoms with Gasteiger partial charge in [0, 0.05) is 12.4 Å². The first-order valence-corrected chi connectivity index (χ1v) is 6.73. The monoisotopic (exact) mass is 341 g/mol. The van der Waals surface area contributed by atoms with Crippen LogP contribution in [0.25, 0.3) is 0 Å². The zero-order valence-electron chi connectivity index (χ0n) is 12.3. The molecule has 0 bridgehead atoms. The van der Waals surface area contributed by atoms with Crippen molar-refractivity contribution in [3.05, 3.63) is 66.0 Å². The lowest BCUT2D eigenvalue weighted by Crippen LogP contribution is -2.42. The van der Waals surface area contributed by atoms with Gasteiger partial charge in [-0.25, -0.2) is 0 Å². The minimum absolute atomic E-state index is 0. The molecule has 22 heavy (non-hydrogen) atoms. The Morgan fingerprint density at radius 1 is 1.14 bits per heavy atom. The Balaban J connectivity index is 0.00000220. The van der Waals surface area contributed by atoms with Crippen LogP contribution in [0.1, 0.15) is 30.5 Å². The number of rotatable bonds is 5. The van der Waals surface area contributed by atoms with Gasteiger partial charge >= 0.3 is 0 Å². The third kappa shape index (κ3) is 5.30. The van der Waals surface area contributed by atoms with Crippen LogP contribution in [0.3, 0.4) is 0 Å². The summed E-state index contributed by atoms with van der Waals surface area (Å²) in [6.07, 6.45) is 4.08. The van der Waals surface area contributed by atoms with Crippen LogP contribution in [0, 0.1) is 0 Å². The molecule has 1 unspecified atom stereocenters. The van der Waals surface area contributed by atoms with Crippen molar-refractivity contribution < 1.29 is 4.79 Å². The number of hydrogen-bond acceptors (Lipinski definition) is 3. The molecule has 120 valence electrons. The second-order valence-electron chi connectivity index (χ2n) is 4.65. The summed E-state index contributed by atoms with van der Waals surface area (Å²) in [5, 5.41) is 3.00. The number of aromatic nitrogens is 1. The van der Waals surface area contributed by atoms with Crippen LogP contribution < -0.4 is 11.1 Å². The van der Waals surface area contributed by atoms with Crippen LogP contribution >= 0.6 is 24.8 Å². The third-order valence-corrected chi connectivity index (χ3v) is 3.21. The Morgan fingerprint density at radius 3 is 2.32 bits per heavy atom. The molecule has 2 rings (SSSR count). The molecule has 1 amide bonds. The molecular weight excluding hydrogens is 321 g/mol. The molecule has 2 aromatic rings. The van der Waals surface area contributed by atoms with Crippen molar-refractivity contribution in [3.63, 3.8) is 0 Å². The first-order valence-electron chi connectivity index (χ1n) is 6.73. The number of carbonyl (C=O) groups excluding carboxylic acids is 1. The number of halogens is 2. The van der Waals surface area contributed by atoms with E-state index >= 15 is 0 Å². The van der Waals surface area contributed by atoms with E-state index in [9.17, 15) is 4.79 Å². The summed E-state index contributed by atoms with van der Waals surface area (Å²) in [6.45, 7) is 1.89. The van der Waals surface area contributed by atoms with Crippen molar-refractivity contribution >= 4 is 30.7 Å². The summed E-state index contributed by atoms with van der Waals surface area (Å²) < 4.78 is 0. The number of carbonyl (C=O) groups is 1. The van der Waals surface area contributed by atoms with E-state index in [2.05, 4.69) is 10.3 Å². The van der Waals surface area contributed by atoms with Gasteiger partial charge in [-0.05, 0) is 23.6 Å². The molecule has 4 nitrogen and oxygen atoms in total. The molecule has 6 heteroatoms. The predicted octanol–water partition coefficient (Wildman–Crippen LogP) is 2.87. The van der Waals surface area contributed by atoms with Gasteiger partial charge in [-0.1, -0.05) is 43.3 Å². The summed E-state index contributed by atoms with van der Waals surface area (Å²) in [5.41, 5.74) is 7.74. The Morgan fingerprint density at radius 2 is 1.77 bits per heavy atom. The largest absolute Gasteiger partial charge is 0.344 e. The van der Waals surface area contributed by atoms with E-state index in [4.69, 9.17) is 5.73 Å². The summed E-state index contributed by atoms with van der Waals surface area (Å²) in [5.74, 6) is -0.148. The van der Waals surface area contributed by atoms with Gasteiger partial charge in [-0.2, -0.15) is 0 Å². The maximum atomic E-state index is 12.1.